The quantitative estimate of drug-likeness (QED) is 0.451. The third kappa shape index (κ3) is 7.35. The Labute approximate surface area is 120 Å². The van der Waals surface area contributed by atoms with E-state index in [1.807, 2.05) is 0 Å². The molecule has 0 saturated carbocycles. The van der Waals surface area contributed by atoms with E-state index in [0.29, 0.717) is 12.3 Å². The van der Waals surface area contributed by atoms with Crippen LogP contribution in [0.25, 0.3) is 0 Å². The number of carbonyl (C=O) groups excluding carboxylic acids is 2. The number of nitrogens with two attached hydrogens (primary N) is 1. The first-order valence-electron chi connectivity index (χ1n) is 6.53. The highest BCUT2D eigenvalue weighted by Crippen LogP contribution is 2.07. The van der Waals surface area contributed by atoms with Crippen LogP contribution in [0.4, 0.5) is 0 Å². The Hall–Kier alpha value is -2.11. The smallest absolute Gasteiger partial charge is 0.252 e. The van der Waals surface area contributed by atoms with Crippen molar-refractivity contribution in [2.45, 2.75) is 32.7 Å². The number of nitrogens with zero attached hydrogens (tertiary/aromatic N) is 1. The lowest BCUT2D eigenvalue weighted by Gasteiger charge is -2.18. The van der Waals surface area contributed by atoms with Gasteiger partial charge in [0.15, 0.2) is 0 Å². The second kappa shape index (κ2) is 9.77. The van der Waals surface area contributed by atoms with Crippen molar-refractivity contribution in [1.82, 2.24) is 10.6 Å². The Morgan fingerprint density at radius 3 is 2.50 bits per heavy atom. The molecule has 0 bridgehead atoms. The summed E-state index contributed by atoms with van der Waals surface area (Å²) >= 11 is 0. The van der Waals surface area contributed by atoms with Crippen molar-refractivity contribution in [1.29, 1.82) is 0 Å². The van der Waals surface area contributed by atoms with Crippen molar-refractivity contribution < 1.29 is 9.59 Å². The molecule has 0 saturated heterocycles. The van der Waals surface area contributed by atoms with E-state index in [9.17, 15) is 9.59 Å². The van der Waals surface area contributed by atoms with Crippen LogP contribution < -0.4 is 16.4 Å². The van der Waals surface area contributed by atoms with Gasteiger partial charge in [0.05, 0.1) is 5.57 Å². The highest BCUT2D eigenvalue weighted by Gasteiger charge is 2.20. The van der Waals surface area contributed by atoms with Crippen molar-refractivity contribution in [2.24, 2.45) is 16.6 Å². The highest BCUT2D eigenvalue weighted by atomic mass is 16.2. The molecule has 0 aliphatic heterocycles. The van der Waals surface area contributed by atoms with Crippen molar-refractivity contribution in [2.75, 3.05) is 7.05 Å². The molecule has 0 aliphatic carbocycles. The van der Waals surface area contributed by atoms with E-state index in [-0.39, 0.29) is 11.5 Å². The Morgan fingerprint density at radius 1 is 1.35 bits per heavy atom. The molecule has 6 nitrogen and oxygen atoms in total. The second-order valence-electron chi connectivity index (χ2n) is 4.76. The third-order valence-corrected chi connectivity index (χ3v) is 2.60. The summed E-state index contributed by atoms with van der Waals surface area (Å²) in [6.07, 6.45) is 5.30. The second-order valence-corrected chi connectivity index (χ2v) is 4.76. The first kappa shape index (κ1) is 17.9. The summed E-state index contributed by atoms with van der Waals surface area (Å²) in [7, 11) is 1.54. The van der Waals surface area contributed by atoms with Gasteiger partial charge in [-0.2, -0.15) is 0 Å². The summed E-state index contributed by atoms with van der Waals surface area (Å²) in [5, 5.41) is 5.19. The predicted molar refractivity (Wildman–Crippen MR) is 81.0 cm³/mol. The van der Waals surface area contributed by atoms with Crippen LogP contribution in [0.15, 0.2) is 29.5 Å². The Balaban J connectivity index is 4.59. The summed E-state index contributed by atoms with van der Waals surface area (Å²) in [4.78, 5) is 27.4. The third-order valence-electron chi connectivity index (χ3n) is 2.60. The van der Waals surface area contributed by atoms with E-state index in [1.54, 1.807) is 7.05 Å². The molecule has 6 heteroatoms. The van der Waals surface area contributed by atoms with Gasteiger partial charge < -0.3 is 16.4 Å². The summed E-state index contributed by atoms with van der Waals surface area (Å²) in [6, 6.07) is -0.565. The van der Waals surface area contributed by atoms with Crippen LogP contribution in [-0.2, 0) is 9.59 Å². The Bertz CT molecular complexity index is 400. The van der Waals surface area contributed by atoms with Crippen LogP contribution in [0.3, 0.4) is 0 Å². The summed E-state index contributed by atoms with van der Waals surface area (Å²) < 4.78 is 0. The summed E-state index contributed by atoms with van der Waals surface area (Å²) in [6.45, 7) is 7.72. The van der Waals surface area contributed by atoms with Crippen molar-refractivity contribution >= 4 is 18.0 Å². The van der Waals surface area contributed by atoms with Crippen molar-refractivity contribution in [3.8, 4) is 0 Å². The average molecular weight is 280 g/mol. The van der Waals surface area contributed by atoms with Crippen LogP contribution in [0.2, 0.25) is 0 Å². The van der Waals surface area contributed by atoms with Gasteiger partial charge in [-0.3, -0.25) is 14.6 Å². The minimum atomic E-state index is -0.565. The molecule has 0 aliphatic rings. The lowest BCUT2D eigenvalue weighted by Crippen LogP contribution is -2.46. The van der Waals surface area contributed by atoms with E-state index in [0.717, 1.165) is 6.42 Å². The van der Waals surface area contributed by atoms with Gasteiger partial charge in [0.2, 0.25) is 5.91 Å². The number of nitrogens with one attached hydrogen (secondary N) is 2. The number of rotatable bonds is 8. The van der Waals surface area contributed by atoms with E-state index >= 15 is 0 Å². The predicted octanol–water partition coefficient (Wildman–Crippen LogP) is 0.710. The van der Waals surface area contributed by atoms with Crippen molar-refractivity contribution in [3.05, 3.63) is 24.6 Å². The normalized spacial score (nSPS) is 12.8. The van der Waals surface area contributed by atoms with E-state index in [1.165, 1.54) is 18.6 Å². The molecule has 0 unspecified atom stereocenters. The van der Waals surface area contributed by atoms with Crippen molar-refractivity contribution in [3.63, 3.8) is 0 Å². The first-order chi connectivity index (χ1) is 9.42. The maximum absolute atomic E-state index is 11.9. The zero-order valence-corrected chi connectivity index (χ0v) is 12.3. The van der Waals surface area contributed by atoms with E-state index < -0.39 is 11.9 Å². The molecule has 112 valence electrons. The minimum absolute atomic E-state index is 0.168. The van der Waals surface area contributed by atoms with Gasteiger partial charge in [-0.05, 0) is 18.8 Å². The van der Waals surface area contributed by atoms with Gasteiger partial charge in [0.1, 0.15) is 6.04 Å². The SMILES string of the molecule is C=C(C=N/C=C\N)C(=O)N[C@@H](CCC(C)C)C(=O)NC. The van der Waals surface area contributed by atoms with Gasteiger partial charge in [-0.25, -0.2) is 0 Å². The molecule has 0 spiro atoms. The molecule has 2 amide bonds. The molecule has 4 N–H and O–H groups in total. The number of amides is 2. The maximum Gasteiger partial charge on any atom is 0.252 e. The minimum Gasteiger partial charge on any atom is -0.403 e. The van der Waals surface area contributed by atoms with Gasteiger partial charge in [-0.15, -0.1) is 0 Å². The highest BCUT2D eigenvalue weighted by molar-refractivity contribution is 6.12. The molecule has 0 aromatic heterocycles. The molecule has 0 aromatic rings. The van der Waals surface area contributed by atoms with Crippen LogP contribution in [-0.4, -0.2) is 31.1 Å². The zero-order chi connectivity index (χ0) is 15.5. The van der Waals surface area contributed by atoms with Crippen LogP contribution in [0.1, 0.15) is 26.7 Å². The zero-order valence-electron chi connectivity index (χ0n) is 12.3. The summed E-state index contributed by atoms with van der Waals surface area (Å²) in [5.41, 5.74) is 5.29. The number of hydrogen-bond donors (Lipinski definition) is 3. The fourth-order valence-corrected chi connectivity index (χ4v) is 1.44. The average Bonchev–Trinajstić information content (AvgIpc) is 2.42. The maximum atomic E-state index is 11.9. The number of hydrogen-bond acceptors (Lipinski definition) is 4. The van der Waals surface area contributed by atoms with Crippen LogP contribution in [0, 0.1) is 5.92 Å². The molecule has 1 atom stereocenters. The van der Waals surface area contributed by atoms with Gasteiger partial charge in [0, 0.05) is 25.7 Å². The van der Waals surface area contributed by atoms with Gasteiger partial charge >= 0.3 is 0 Å². The Kier molecular flexibility index (Phi) is 8.74. The summed E-state index contributed by atoms with van der Waals surface area (Å²) in [5.74, 6) is -0.180. The number of carbonyl (C=O) groups is 2. The fourth-order valence-electron chi connectivity index (χ4n) is 1.44. The molecular formula is C14H24N4O2. The van der Waals surface area contributed by atoms with Crippen LogP contribution in [0.5, 0.6) is 0 Å². The van der Waals surface area contributed by atoms with Crippen LogP contribution >= 0.6 is 0 Å². The monoisotopic (exact) mass is 280 g/mol. The standard InChI is InChI=1S/C14H24N4O2/c1-10(2)5-6-12(14(20)16-4)18-13(19)11(3)9-17-8-7-15/h7-10,12H,3,5-6,15H2,1-2,4H3,(H,16,20)(H,18,19)/b8-7-,17-9?/t12-/m0/s1. The molecule has 0 radical (unpaired) electrons. The molecule has 20 heavy (non-hydrogen) atoms. The number of likely N-dealkylation sites (N-methyl/N-ethyl adjacent to an activating group) is 1. The van der Waals surface area contributed by atoms with E-state index in [2.05, 4.69) is 36.1 Å². The Morgan fingerprint density at radius 2 is 2.00 bits per heavy atom. The molecule has 0 aromatic carbocycles. The topological polar surface area (TPSA) is 96.6 Å². The number of aliphatic imine (C=N–C) groups is 1. The molecular weight excluding hydrogens is 256 g/mol. The largest absolute Gasteiger partial charge is 0.403 e. The molecule has 0 rings (SSSR count). The lowest BCUT2D eigenvalue weighted by atomic mass is 10.0. The fraction of sp³-hybridized carbons (Fsp3) is 0.500. The van der Waals surface area contributed by atoms with Gasteiger partial charge in [-0.1, -0.05) is 20.4 Å². The lowest BCUT2D eigenvalue weighted by molar-refractivity contribution is -0.127. The molecule has 0 fully saturated rings. The molecule has 0 heterocycles. The van der Waals surface area contributed by atoms with E-state index in [4.69, 9.17) is 5.73 Å². The first-order valence-corrected chi connectivity index (χ1v) is 6.53. The van der Waals surface area contributed by atoms with Gasteiger partial charge in [0.25, 0.3) is 5.91 Å².